The summed E-state index contributed by atoms with van der Waals surface area (Å²) in [6, 6.07) is 0. The van der Waals surface area contributed by atoms with E-state index in [0.717, 1.165) is 36.5 Å². The number of esters is 6. The zero-order chi connectivity index (χ0) is 29.9. The molecule has 0 aliphatic rings. The zero-order valence-electron chi connectivity index (χ0n) is 21.6. The number of hydrogen-bond acceptors (Lipinski definition) is 12. The van der Waals surface area contributed by atoms with Crippen LogP contribution in [-0.2, 0) is 57.2 Å². The number of rotatable bonds is 6. The first-order valence-electron chi connectivity index (χ1n) is 9.08. The van der Waals surface area contributed by atoms with Crippen molar-refractivity contribution in [2.75, 3.05) is 42.7 Å². The smallest absolute Gasteiger partial charge is 0.329 e. The van der Waals surface area contributed by atoms with Gasteiger partial charge in [0.1, 0.15) is 0 Å². The van der Waals surface area contributed by atoms with E-state index in [1.165, 1.54) is 42.7 Å². The highest BCUT2D eigenvalue weighted by Gasteiger charge is 1.84. The summed E-state index contributed by atoms with van der Waals surface area (Å²) >= 11 is 0. The van der Waals surface area contributed by atoms with Gasteiger partial charge in [-0.3, -0.25) is 0 Å². The fourth-order valence-corrected chi connectivity index (χ4v) is 0.500. The lowest BCUT2D eigenvalue weighted by atomic mass is 10.7. The quantitative estimate of drug-likeness (QED) is 0.288. The monoisotopic (exact) mass is 516 g/mol. The molecule has 36 heavy (non-hydrogen) atoms. The molecule has 0 aromatic rings. The first kappa shape index (κ1) is 44.9. The Morgan fingerprint density at radius 2 is 0.417 bits per heavy atom. The van der Waals surface area contributed by atoms with Gasteiger partial charge in [-0.1, -0.05) is 39.5 Å². The normalized spacial score (nSPS) is 6.83. The molecule has 0 saturated heterocycles. The van der Waals surface area contributed by atoms with Crippen LogP contribution in [0.1, 0.15) is 0 Å². The lowest BCUT2D eigenvalue weighted by molar-refractivity contribution is -0.135. The predicted octanol–water partition coefficient (Wildman–Crippen LogP) is 2.07. The summed E-state index contributed by atoms with van der Waals surface area (Å²) in [5, 5.41) is 0. The van der Waals surface area contributed by atoms with E-state index in [1.807, 2.05) is 0 Å². The maximum absolute atomic E-state index is 9.84. The van der Waals surface area contributed by atoms with E-state index < -0.39 is 35.8 Å². The van der Waals surface area contributed by atoms with Gasteiger partial charge in [-0.05, 0) is 0 Å². The summed E-state index contributed by atoms with van der Waals surface area (Å²) < 4.78 is 24.9. The molecular weight excluding hydrogens is 480 g/mol. The van der Waals surface area contributed by atoms with Crippen LogP contribution in [0.2, 0.25) is 0 Å². The minimum atomic E-state index is -0.394. The SMILES string of the molecule is C=CC(=O)OC.C=CC(=O)OC.C=CC(=O)OC.C=CC(=O)OC.C=CC(=O)OC.C=CC(=O)OC. The molecule has 0 bridgehead atoms. The van der Waals surface area contributed by atoms with Crippen molar-refractivity contribution in [1.82, 2.24) is 0 Å². The van der Waals surface area contributed by atoms with Gasteiger partial charge in [0.15, 0.2) is 0 Å². The molecular formula is C24H36O12. The van der Waals surface area contributed by atoms with Crippen LogP contribution in [0.15, 0.2) is 75.9 Å². The topological polar surface area (TPSA) is 158 Å². The first-order chi connectivity index (χ1) is 16.8. The highest BCUT2D eigenvalue weighted by molar-refractivity contribution is 5.82. The van der Waals surface area contributed by atoms with Crippen molar-refractivity contribution in [1.29, 1.82) is 0 Å². The molecule has 0 saturated carbocycles. The summed E-state index contributed by atoms with van der Waals surface area (Å²) in [4.78, 5) is 59.0. The molecule has 0 rings (SSSR count). The van der Waals surface area contributed by atoms with Crippen LogP contribution in [0.4, 0.5) is 0 Å². The Hall–Kier alpha value is -4.74. The van der Waals surface area contributed by atoms with E-state index in [4.69, 9.17) is 0 Å². The molecule has 0 aromatic carbocycles. The molecule has 0 aromatic heterocycles. The van der Waals surface area contributed by atoms with Crippen molar-refractivity contribution in [2.24, 2.45) is 0 Å². The standard InChI is InChI=1S/6C4H6O2/c6*1-3-4(5)6-2/h6*3H,1H2,2H3. The summed E-state index contributed by atoms with van der Waals surface area (Å²) in [5.41, 5.74) is 0. The largest absolute Gasteiger partial charge is 0.466 e. The molecule has 0 aliphatic heterocycles. The summed E-state index contributed by atoms with van der Waals surface area (Å²) in [7, 11) is 7.86. The lowest BCUT2D eigenvalue weighted by Crippen LogP contribution is -1.91. The van der Waals surface area contributed by atoms with Gasteiger partial charge in [0.25, 0.3) is 0 Å². The Labute approximate surface area is 212 Å². The van der Waals surface area contributed by atoms with Crippen molar-refractivity contribution < 1.29 is 57.2 Å². The number of carbonyl (C=O) groups is 6. The van der Waals surface area contributed by atoms with Gasteiger partial charge < -0.3 is 28.4 Å². The molecule has 0 radical (unpaired) electrons. The second-order valence-corrected chi connectivity index (χ2v) is 4.36. The maximum atomic E-state index is 9.84. The van der Waals surface area contributed by atoms with Gasteiger partial charge in [0.2, 0.25) is 0 Å². The highest BCUT2D eigenvalue weighted by atomic mass is 16.5. The van der Waals surface area contributed by atoms with Gasteiger partial charge in [-0.25, -0.2) is 28.8 Å². The van der Waals surface area contributed by atoms with Crippen molar-refractivity contribution >= 4 is 35.8 Å². The molecule has 12 heteroatoms. The van der Waals surface area contributed by atoms with Gasteiger partial charge in [0, 0.05) is 36.5 Å². The minimum Gasteiger partial charge on any atom is -0.466 e. The van der Waals surface area contributed by atoms with Crippen LogP contribution in [0, 0.1) is 0 Å². The fraction of sp³-hybridized carbons (Fsp3) is 0.250. The molecule has 12 nitrogen and oxygen atoms in total. The Bertz CT molecular complexity index is 551. The third-order valence-electron chi connectivity index (χ3n) is 2.21. The van der Waals surface area contributed by atoms with Crippen LogP contribution in [0.5, 0.6) is 0 Å². The van der Waals surface area contributed by atoms with Crippen LogP contribution in [0.3, 0.4) is 0 Å². The summed E-state index contributed by atoms with van der Waals surface area (Å²) in [6.07, 6.45) is 6.67. The molecule has 0 spiro atoms. The molecule has 0 amide bonds. The third-order valence-corrected chi connectivity index (χ3v) is 2.21. The Kier molecular flexibility index (Phi) is 50.6. The van der Waals surface area contributed by atoms with E-state index in [9.17, 15) is 28.8 Å². The van der Waals surface area contributed by atoms with Crippen molar-refractivity contribution in [3.05, 3.63) is 75.9 Å². The van der Waals surface area contributed by atoms with Crippen LogP contribution >= 0.6 is 0 Å². The van der Waals surface area contributed by atoms with Crippen molar-refractivity contribution in [2.45, 2.75) is 0 Å². The van der Waals surface area contributed by atoms with Gasteiger partial charge in [0.05, 0.1) is 42.7 Å². The Balaban J connectivity index is -0.0000000750. The molecule has 0 N–H and O–H groups in total. The average Bonchev–Trinajstić information content (AvgIpc) is 2.95. The maximum Gasteiger partial charge on any atom is 0.329 e. The van der Waals surface area contributed by atoms with E-state index >= 15 is 0 Å². The number of methoxy groups -OCH3 is 6. The molecule has 0 aliphatic carbocycles. The predicted molar refractivity (Wildman–Crippen MR) is 133 cm³/mol. The number of carbonyl (C=O) groups excluding carboxylic acids is 6. The second kappa shape index (κ2) is 40.6. The lowest BCUT2D eigenvalue weighted by Gasteiger charge is -1.83. The minimum absolute atomic E-state index is 0.394. The number of ether oxygens (including phenoxy) is 6. The van der Waals surface area contributed by atoms with E-state index in [2.05, 4.69) is 67.9 Å². The van der Waals surface area contributed by atoms with Crippen LogP contribution in [0.25, 0.3) is 0 Å². The Morgan fingerprint density at radius 1 is 0.333 bits per heavy atom. The van der Waals surface area contributed by atoms with Gasteiger partial charge >= 0.3 is 35.8 Å². The van der Waals surface area contributed by atoms with Crippen molar-refractivity contribution in [3.63, 3.8) is 0 Å². The van der Waals surface area contributed by atoms with Gasteiger partial charge in [-0.15, -0.1) is 0 Å². The summed E-state index contributed by atoms with van der Waals surface area (Å²) in [5.74, 6) is -2.36. The summed E-state index contributed by atoms with van der Waals surface area (Å²) in [6.45, 7) is 18.9. The van der Waals surface area contributed by atoms with Crippen LogP contribution < -0.4 is 0 Å². The number of hydrogen-bond donors (Lipinski definition) is 0. The first-order valence-corrected chi connectivity index (χ1v) is 9.08. The molecule has 0 atom stereocenters. The van der Waals surface area contributed by atoms with Gasteiger partial charge in [-0.2, -0.15) is 0 Å². The molecule has 0 fully saturated rings. The molecule has 0 heterocycles. The Morgan fingerprint density at radius 3 is 0.417 bits per heavy atom. The molecule has 204 valence electrons. The second-order valence-electron chi connectivity index (χ2n) is 4.36. The highest BCUT2D eigenvalue weighted by Crippen LogP contribution is 1.70. The average molecular weight is 517 g/mol. The van der Waals surface area contributed by atoms with E-state index in [-0.39, 0.29) is 0 Å². The van der Waals surface area contributed by atoms with E-state index in [0.29, 0.717) is 0 Å². The zero-order valence-corrected chi connectivity index (χ0v) is 21.6. The third kappa shape index (κ3) is 63.0. The van der Waals surface area contributed by atoms with Crippen LogP contribution in [-0.4, -0.2) is 78.5 Å². The molecule has 0 unspecified atom stereocenters. The van der Waals surface area contributed by atoms with Crippen molar-refractivity contribution in [3.8, 4) is 0 Å². The van der Waals surface area contributed by atoms with E-state index in [1.54, 1.807) is 0 Å². The fourth-order valence-electron chi connectivity index (χ4n) is 0.500.